The Balaban J connectivity index is 2.62. The molecule has 0 fully saturated rings. The summed E-state index contributed by atoms with van der Waals surface area (Å²) in [4.78, 5) is 19.6. The molecular formula is C11H18N4O2. The highest BCUT2D eigenvalue weighted by molar-refractivity contribution is 5.68. The summed E-state index contributed by atoms with van der Waals surface area (Å²) in [5.41, 5.74) is 5.03. The van der Waals surface area contributed by atoms with Crippen molar-refractivity contribution in [3.05, 3.63) is 24.3 Å². The molecule has 0 radical (unpaired) electrons. The number of carbonyl (C=O) groups is 1. The van der Waals surface area contributed by atoms with Crippen LogP contribution in [0.4, 0.5) is 4.79 Å². The average molecular weight is 238 g/mol. The minimum absolute atomic E-state index is 0.212. The summed E-state index contributed by atoms with van der Waals surface area (Å²) in [6.45, 7) is 5.60. The summed E-state index contributed by atoms with van der Waals surface area (Å²) in [5.74, 6) is 0.473. The quantitative estimate of drug-likeness (QED) is 0.819. The molecule has 6 heteroatoms. The zero-order valence-corrected chi connectivity index (χ0v) is 10.3. The largest absolute Gasteiger partial charge is 0.444 e. The molecule has 0 saturated heterocycles. The fraction of sp³-hybridized carbons (Fsp3) is 0.545. The van der Waals surface area contributed by atoms with Gasteiger partial charge in [0.2, 0.25) is 0 Å². The van der Waals surface area contributed by atoms with Crippen LogP contribution >= 0.6 is 0 Å². The van der Waals surface area contributed by atoms with Crippen LogP contribution in [0.3, 0.4) is 0 Å². The van der Waals surface area contributed by atoms with Crippen molar-refractivity contribution in [2.75, 3.05) is 6.54 Å². The molecule has 1 rings (SSSR count). The van der Waals surface area contributed by atoms with E-state index in [2.05, 4.69) is 15.3 Å². The smallest absolute Gasteiger partial charge is 0.408 e. The van der Waals surface area contributed by atoms with Gasteiger partial charge in [-0.15, -0.1) is 0 Å². The van der Waals surface area contributed by atoms with Crippen molar-refractivity contribution >= 4 is 6.09 Å². The van der Waals surface area contributed by atoms with Gasteiger partial charge in [-0.2, -0.15) is 0 Å². The highest BCUT2D eigenvalue weighted by atomic mass is 16.6. The Labute approximate surface area is 101 Å². The molecule has 1 amide bonds. The number of carbonyl (C=O) groups excluding carboxylic acids is 1. The SMILES string of the molecule is CC(C)(C)OC(=O)NC(CN)c1ncccn1. The summed E-state index contributed by atoms with van der Waals surface area (Å²) in [5, 5.41) is 2.63. The lowest BCUT2D eigenvalue weighted by atomic mass is 10.2. The minimum atomic E-state index is -0.541. The number of amides is 1. The maximum atomic E-state index is 11.6. The standard InChI is InChI=1S/C11H18N4O2/c1-11(2,3)17-10(16)15-8(7-12)9-13-5-4-6-14-9/h4-6,8H,7,12H2,1-3H3,(H,15,16). The first kappa shape index (κ1) is 13.4. The predicted octanol–water partition coefficient (Wildman–Crippen LogP) is 1.00. The van der Waals surface area contributed by atoms with Gasteiger partial charge in [0.15, 0.2) is 5.82 Å². The van der Waals surface area contributed by atoms with E-state index in [1.807, 2.05) is 0 Å². The van der Waals surface area contributed by atoms with E-state index < -0.39 is 17.7 Å². The van der Waals surface area contributed by atoms with Crippen LogP contribution in [-0.4, -0.2) is 28.2 Å². The van der Waals surface area contributed by atoms with Crippen molar-refractivity contribution < 1.29 is 9.53 Å². The Morgan fingerprint density at radius 1 is 1.47 bits per heavy atom. The second-order valence-corrected chi connectivity index (χ2v) is 4.54. The van der Waals surface area contributed by atoms with Gasteiger partial charge in [0.05, 0.1) is 0 Å². The first-order chi connectivity index (χ1) is 7.92. The summed E-state index contributed by atoms with van der Waals surface area (Å²) < 4.78 is 5.13. The fourth-order valence-corrected chi connectivity index (χ4v) is 1.17. The molecular weight excluding hydrogens is 220 g/mol. The van der Waals surface area contributed by atoms with Gasteiger partial charge in [-0.25, -0.2) is 14.8 Å². The Kier molecular flexibility index (Phi) is 4.39. The zero-order valence-electron chi connectivity index (χ0n) is 10.3. The number of ether oxygens (including phenoxy) is 1. The lowest BCUT2D eigenvalue weighted by Crippen LogP contribution is -2.38. The Morgan fingerprint density at radius 3 is 2.53 bits per heavy atom. The van der Waals surface area contributed by atoms with E-state index in [0.717, 1.165) is 0 Å². The van der Waals surface area contributed by atoms with E-state index in [1.54, 1.807) is 39.2 Å². The van der Waals surface area contributed by atoms with Crippen LogP contribution in [-0.2, 0) is 4.74 Å². The topological polar surface area (TPSA) is 90.1 Å². The number of alkyl carbamates (subject to hydrolysis) is 1. The summed E-state index contributed by atoms with van der Waals surface area (Å²) >= 11 is 0. The van der Waals surface area contributed by atoms with Crippen molar-refractivity contribution in [1.29, 1.82) is 0 Å². The third-order valence-electron chi connectivity index (χ3n) is 1.82. The molecule has 1 unspecified atom stereocenters. The molecule has 1 atom stereocenters. The molecule has 1 heterocycles. The molecule has 1 aromatic rings. The van der Waals surface area contributed by atoms with E-state index in [9.17, 15) is 4.79 Å². The highest BCUT2D eigenvalue weighted by Crippen LogP contribution is 2.09. The summed E-state index contributed by atoms with van der Waals surface area (Å²) in [7, 11) is 0. The van der Waals surface area contributed by atoms with Gasteiger partial charge in [-0.1, -0.05) is 0 Å². The van der Waals surface area contributed by atoms with E-state index in [1.165, 1.54) is 0 Å². The lowest BCUT2D eigenvalue weighted by Gasteiger charge is -2.22. The lowest BCUT2D eigenvalue weighted by molar-refractivity contribution is 0.0503. The first-order valence-corrected chi connectivity index (χ1v) is 5.39. The Bertz CT molecular complexity index is 361. The second-order valence-electron chi connectivity index (χ2n) is 4.54. The Hall–Kier alpha value is -1.69. The van der Waals surface area contributed by atoms with E-state index in [0.29, 0.717) is 5.82 Å². The number of nitrogens with one attached hydrogen (secondary N) is 1. The number of aromatic nitrogens is 2. The van der Waals surface area contributed by atoms with Gasteiger partial charge in [0.1, 0.15) is 11.6 Å². The normalized spacial score (nSPS) is 12.9. The maximum Gasteiger partial charge on any atom is 0.408 e. The molecule has 94 valence electrons. The molecule has 17 heavy (non-hydrogen) atoms. The third kappa shape index (κ3) is 4.78. The third-order valence-corrected chi connectivity index (χ3v) is 1.82. The number of hydrogen-bond acceptors (Lipinski definition) is 5. The number of rotatable bonds is 3. The monoisotopic (exact) mass is 238 g/mol. The van der Waals surface area contributed by atoms with Crippen LogP contribution in [0.1, 0.15) is 32.6 Å². The molecule has 0 aliphatic rings. The van der Waals surface area contributed by atoms with E-state index in [-0.39, 0.29) is 6.54 Å². The van der Waals surface area contributed by atoms with Gasteiger partial charge >= 0.3 is 6.09 Å². The van der Waals surface area contributed by atoms with E-state index in [4.69, 9.17) is 10.5 Å². The van der Waals surface area contributed by atoms with Gasteiger partial charge in [-0.05, 0) is 26.8 Å². The molecule has 1 aromatic heterocycles. The second kappa shape index (κ2) is 5.58. The number of nitrogens with two attached hydrogens (primary N) is 1. The minimum Gasteiger partial charge on any atom is -0.444 e. The van der Waals surface area contributed by atoms with Crippen LogP contribution in [0.25, 0.3) is 0 Å². The van der Waals surface area contributed by atoms with Crippen LogP contribution < -0.4 is 11.1 Å². The average Bonchev–Trinajstić information content (AvgIpc) is 2.24. The van der Waals surface area contributed by atoms with Crippen molar-refractivity contribution in [3.63, 3.8) is 0 Å². The van der Waals surface area contributed by atoms with Crippen LogP contribution in [0, 0.1) is 0 Å². The highest BCUT2D eigenvalue weighted by Gasteiger charge is 2.20. The van der Waals surface area contributed by atoms with Crippen LogP contribution in [0.5, 0.6) is 0 Å². The van der Waals surface area contributed by atoms with Crippen LogP contribution in [0.2, 0.25) is 0 Å². The molecule has 0 bridgehead atoms. The molecule has 0 aliphatic heterocycles. The Morgan fingerprint density at radius 2 is 2.06 bits per heavy atom. The summed E-state index contributed by atoms with van der Waals surface area (Å²) in [6.07, 6.45) is 2.67. The van der Waals surface area contributed by atoms with Crippen molar-refractivity contribution in [2.24, 2.45) is 5.73 Å². The molecule has 3 N–H and O–H groups in total. The number of hydrogen-bond donors (Lipinski definition) is 2. The maximum absolute atomic E-state index is 11.6. The fourth-order valence-electron chi connectivity index (χ4n) is 1.17. The van der Waals surface area contributed by atoms with Gasteiger partial charge in [0.25, 0.3) is 0 Å². The van der Waals surface area contributed by atoms with Crippen molar-refractivity contribution in [2.45, 2.75) is 32.4 Å². The summed E-state index contributed by atoms with van der Waals surface area (Å²) in [6, 6.07) is 1.26. The molecule has 6 nitrogen and oxygen atoms in total. The molecule has 0 aliphatic carbocycles. The van der Waals surface area contributed by atoms with Gasteiger partial charge in [0, 0.05) is 18.9 Å². The van der Waals surface area contributed by atoms with Crippen molar-refractivity contribution in [3.8, 4) is 0 Å². The van der Waals surface area contributed by atoms with Crippen LogP contribution in [0.15, 0.2) is 18.5 Å². The first-order valence-electron chi connectivity index (χ1n) is 5.39. The van der Waals surface area contributed by atoms with Gasteiger partial charge in [-0.3, -0.25) is 0 Å². The molecule has 0 saturated carbocycles. The van der Waals surface area contributed by atoms with Gasteiger partial charge < -0.3 is 15.8 Å². The number of nitrogens with zero attached hydrogens (tertiary/aromatic N) is 2. The molecule has 0 spiro atoms. The predicted molar refractivity (Wildman–Crippen MR) is 63.2 cm³/mol. The van der Waals surface area contributed by atoms with Crippen molar-refractivity contribution in [1.82, 2.24) is 15.3 Å². The van der Waals surface area contributed by atoms with E-state index >= 15 is 0 Å². The zero-order chi connectivity index (χ0) is 12.9. The molecule has 0 aromatic carbocycles.